The van der Waals surface area contributed by atoms with Crippen molar-refractivity contribution in [3.63, 3.8) is 0 Å². The largest absolute Gasteiger partial charge is 0.297 e. The molecule has 0 saturated carbocycles. The lowest BCUT2D eigenvalue weighted by atomic mass is 10.2. The summed E-state index contributed by atoms with van der Waals surface area (Å²) in [6.45, 7) is 0. The Morgan fingerprint density at radius 2 is 1.79 bits per heavy atom. The molecule has 0 atom stereocenters. The Kier molecular flexibility index (Phi) is 5.49. The predicted octanol–water partition coefficient (Wildman–Crippen LogP) is 2.99. The Labute approximate surface area is 163 Å². The van der Waals surface area contributed by atoms with Crippen molar-refractivity contribution in [3.8, 4) is 11.4 Å². The Bertz CT molecular complexity index is 1130. The number of aromatic nitrogens is 2. The molecule has 0 spiro atoms. The van der Waals surface area contributed by atoms with E-state index in [0.717, 1.165) is 28.0 Å². The molecular formula is C17H14F2N4O3S2. The second-order valence-electron chi connectivity index (χ2n) is 5.82. The van der Waals surface area contributed by atoms with Crippen molar-refractivity contribution in [3.05, 3.63) is 59.7 Å². The van der Waals surface area contributed by atoms with E-state index in [0.29, 0.717) is 11.4 Å². The number of halogens is 2. The second-order valence-corrected chi connectivity index (χ2v) is 8.69. The van der Waals surface area contributed by atoms with Crippen molar-refractivity contribution in [2.45, 2.75) is 4.90 Å². The van der Waals surface area contributed by atoms with Gasteiger partial charge in [0, 0.05) is 36.8 Å². The molecule has 2 aromatic carbocycles. The molecule has 0 aliphatic carbocycles. The zero-order valence-corrected chi connectivity index (χ0v) is 16.3. The average Bonchev–Trinajstić information content (AvgIpc) is 3.10. The van der Waals surface area contributed by atoms with Gasteiger partial charge in [0.1, 0.15) is 16.5 Å². The van der Waals surface area contributed by atoms with E-state index in [2.05, 4.69) is 14.7 Å². The Morgan fingerprint density at radius 3 is 2.43 bits per heavy atom. The third-order valence-corrected chi connectivity index (χ3v) is 6.16. The Morgan fingerprint density at radius 1 is 1.11 bits per heavy atom. The van der Waals surface area contributed by atoms with Crippen LogP contribution in [-0.4, -0.2) is 42.1 Å². The number of amides is 1. The molecule has 0 radical (unpaired) electrons. The maximum Gasteiger partial charge on any atom is 0.257 e. The number of benzene rings is 2. The van der Waals surface area contributed by atoms with Gasteiger partial charge in [0.05, 0.1) is 0 Å². The summed E-state index contributed by atoms with van der Waals surface area (Å²) >= 11 is 0.902. The van der Waals surface area contributed by atoms with E-state index in [1.54, 1.807) is 0 Å². The maximum atomic E-state index is 14.0. The lowest BCUT2D eigenvalue weighted by Gasteiger charge is -2.13. The Balaban J connectivity index is 1.83. The number of nitrogens with one attached hydrogen (secondary N) is 1. The fourth-order valence-electron chi connectivity index (χ4n) is 2.20. The summed E-state index contributed by atoms with van der Waals surface area (Å²) < 4.78 is 56.2. The molecule has 0 aliphatic heterocycles. The highest BCUT2D eigenvalue weighted by atomic mass is 32.2. The molecule has 0 aliphatic rings. The quantitative estimate of drug-likeness (QED) is 0.680. The average molecular weight is 424 g/mol. The van der Waals surface area contributed by atoms with Crippen molar-refractivity contribution in [2.24, 2.45) is 0 Å². The van der Waals surface area contributed by atoms with Crippen LogP contribution in [0.3, 0.4) is 0 Å². The zero-order chi connectivity index (χ0) is 20.5. The third kappa shape index (κ3) is 4.06. The molecule has 7 nitrogen and oxygen atoms in total. The molecule has 0 unspecified atom stereocenters. The zero-order valence-electron chi connectivity index (χ0n) is 14.7. The number of sulfonamides is 1. The lowest BCUT2D eigenvalue weighted by Crippen LogP contribution is -2.24. The SMILES string of the molecule is CN(C)S(=O)(=O)c1cc(C(=O)Nc2nc(-c3ccc(F)cc3)ns2)ccc1F. The van der Waals surface area contributed by atoms with Gasteiger partial charge in [-0.15, -0.1) is 0 Å². The van der Waals surface area contributed by atoms with Crippen LogP contribution >= 0.6 is 11.5 Å². The van der Waals surface area contributed by atoms with Gasteiger partial charge >= 0.3 is 0 Å². The number of hydrogen-bond donors (Lipinski definition) is 1. The summed E-state index contributed by atoms with van der Waals surface area (Å²) in [6.07, 6.45) is 0. The van der Waals surface area contributed by atoms with Gasteiger partial charge in [0.2, 0.25) is 15.2 Å². The molecule has 1 amide bonds. The minimum absolute atomic E-state index is 0.0552. The summed E-state index contributed by atoms with van der Waals surface area (Å²) in [5, 5.41) is 2.65. The van der Waals surface area contributed by atoms with E-state index >= 15 is 0 Å². The fourth-order valence-corrected chi connectivity index (χ4v) is 3.77. The van der Waals surface area contributed by atoms with E-state index in [9.17, 15) is 22.0 Å². The van der Waals surface area contributed by atoms with Crippen molar-refractivity contribution in [1.29, 1.82) is 0 Å². The first-order chi connectivity index (χ1) is 13.2. The van der Waals surface area contributed by atoms with Crippen LogP contribution in [0.1, 0.15) is 10.4 Å². The first-order valence-electron chi connectivity index (χ1n) is 7.81. The van der Waals surface area contributed by atoms with E-state index < -0.39 is 32.5 Å². The van der Waals surface area contributed by atoms with Gasteiger partial charge < -0.3 is 0 Å². The molecule has 3 aromatic rings. The van der Waals surface area contributed by atoms with Crippen molar-refractivity contribution in [1.82, 2.24) is 13.7 Å². The summed E-state index contributed by atoms with van der Waals surface area (Å²) in [6, 6.07) is 8.57. The van der Waals surface area contributed by atoms with Crippen LogP contribution in [0.15, 0.2) is 47.4 Å². The number of anilines is 1. The molecule has 1 N–H and O–H groups in total. The van der Waals surface area contributed by atoms with Crippen LogP contribution in [0.4, 0.5) is 13.9 Å². The molecule has 11 heteroatoms. The minimum atomic E-state index is -4.05. The molecule has 28 heavy (non-hydrogen) atoms. The smallest absolute Gasteiger partial charge is 0.257 e. The molecule has 3 rings (SSSR count). The van der Waals surface area contributed by atoms with E-state index in [1.165, 1.54) is 44.4 Å². The summed E-state index contributed by atoms with van der Waals surface area (Å²) in [4.78, 5) is 16.0. The first kappa shape index (κ1) is 20.0. The lowest BCUT2D eigenvalue weighted by molar-refractivity contribution is 0.102. The highest BCUT2D eigenvalue weighted by Crippen LogP contribution is 2.23. The summed E-state index contributed by atoms with van der Waals surface area (Å²) in [5.74, 6) is -1.72. The first-order valence-corrected chi connectivity index (χ1v) is 10.0. The predicted molar refractivity (Wildman–Crippen MR) is 101 cm³/mol. The molecule has 146 valence electrons. The number of hydrogen-bond acceptors (Lipinski definition) is 6. The van der Waals surface area contributed by atoms with Crippen LogP contribution in [0.2, 0.25) is 0 Å². The van der Waals surface area contributed by atoms with Gasteiger partial charge in [-0.05, 0) is 42.5 Å². The van der Waals surface area contributed by atoms with Gasteiger partial charge in [-0.3, -0.25) is 10.1 Å². The number of nitrogens with zero attached hydrogens (tertiary/aromatic N) is 3. The highest BCUT2D eigenvalue weighted by molar-refractivity contribution is 7.89. The van der Waals surface area contributed by atoms with Gasteiger partial charge in [0.25, 0.3) is 5.91 Å². The summed E-state index contributed by atoms with van der Waals surface area (Å²) in [7, 11) is -1.52. The van der Waals surface area contributed by atoms with Crippen LogP contribution < -0.4 is 5.32 Å². The van der Waals surface area contributed by atoms with Gasteiger partial charge in [-0.25, -0.2) is 21.5 Å². The van der Waals surface area contributed by atoms with Gasteiger partial charge in [0.15, 0.2) is 5.82 Å². The molecule has 1 aromatic heterocycles. The summed E-state index contributed by atoms with van der Waals surface area (Å²) in [5.41, 5.74) is 0.514. The van der Waals surface area contributed by atoms with E-state index in [-0.39, 0.29) is 10.7 Å². The molecule has 1 heterocycles. The van der Waals surface area contributed by atoms with E-state index in [4.69, 9.17) is 0 Å². The van der Waals surface area contributed by atoms with Crippen LogP contribution in [0.5, 0.6) is 0 Å². The number of carbonyl (C=O) groups is 1. The molecular weight excluding hydrogens is 410 g/mol. The van der Waals surface area contributed by atoms with Crippen molar-refractivity contribution in [2.75, 3.05) is 19.4 Å². The highest BCUT2D eigenvalue weighted by Gasteiger charge is 2.23. The van der Waals surface area contributed by atoms with Crippen molar-refractivity contribution < 1.29 is 22.0 Å². The van der Waals surface area contributed by atoms with Crippen molar-refractivity contribution >= 4 is 32.6 Å². The maximum absolute atomic E-state index is 14.0. The number of rotatable bonds is 5. The normalized spacial score (nSPS) is 11.6. The molecule has 0 saturated heterocycles. The fraction of sp³-hybridized carbons (Fsp3) is 0.118. The van der Waals surface area contributed by atoms with Crippen LogP contribution in [0.25, 0.3) is 11.4 Å². The molecule has 0 fully saturated rings. The third-order valence-electron chi connectivity index (χ3n) is 3.70. The molecule has 0 bridgehead atoms. The minimum Gasteiger partial charge on any atom is -0.297 e. The monoisotopic (exact) mass is 424 g/mol. The van der Waals surface area contributed by atoms with Crippen LogP contribution in [0, 0.1) is 11.6 Å². The topological polar surface area (TPSA) is 92.3 Å². The number of carbonyl (C=O) groups excluding carboxylic acids is 1. The second kappa shape index (κ2) is 7.70. The van der Waals surface area contributed by atoms with Crippen LogP contribution in [-0.2, 0) is 10.0 Å². The van der Waals surface area contributed by atoms with Gasteiger partial charge in [-0.2, -0.15) is 9.36 Å². The van der Waals surface area contributed by atoms with E-state index in [1.807, 2.05) is 0 Å². The Hall–Kier alpha value is -2.76. The standard InChI is InChI=1S/C17H14F2N4O3S2/c1-23(2)28(25,26)14-9-11(5-8-13(14)19)16(24)21-17-20-15(22-27-17)10-3-6-12(18)7-4-10/h3-9H,1-2H3,(H,20,21,22,24). The van der Waals surface area contributed by atoms with Gasteiger partial charge in [-0.1, -0.05) is 0 Å².